The molecule has 1 aliphatic carbocycles. The van der Waals surface area contributed by atoms with E-state index >= 15 is 0 Å². The summed E-state index contributed by atoms with van der Waals surface area (Å²) in [6.07, 6.45) is 5.39. The van der Waals surface area contributed by atoms with E-state index in [0.717, 1.165) is 31.2 Å². The Morgan fingerprint density at radius 2 is 2.18 bits per heavy atom. The summed E-state index contributed by atoms with van der Waals surface area (Å²) in [5.41, 5.74) is 0.867. The zero-order valence-electron chi connectivity index (χ0n) is 10.1. The number of furan rings is 1. The smallest absolute Gasteiger partial charge is 0.287 e. The Morgan fingerprint density at radius 3 is 2.71 bits per heavy atom. The number of amides is 1. The third-order valence-corrected chi connectivity index (χ3v) is 3.51. The molecule has 1 aliphatic rings. The minimum atomic E-state index is -0.125. The van der Waals surface area contributed by atoms with Gasteiger partial charge in [0.15, 0.2) is 5.76 Å². The standard InChI is InChI=1S/C13H19NO3/c1-9-6-7-17-12(9)13(16)14-11-4-2-10(8-15)3-5-11/h6-7,10-11,15H,2-5,8H2,1H3,(H,14,16). The summed E-state index contributed by atoms with van der Waals surface area (Å²) in [6, 6.07) is 2.01. The SMILES string of the molecule is Cc1ccoc1C(=O)NC1CCC(CO)CC1. The summed E-state index contributed by atoms with van der Waals surface area (Å²) in [6.45, 7) is 2.12. The van der Waals surface area contributed by atoms with Crippen LogP contribution in [0.5, 0.6) is 0 Å². The molecule has 0 aromatic carbocycles. The highest BCUT2D eigenvalue weighted by Crippen LogP contribution is 2.24. The topological polar surface area (TPSA) is 62.5 Å². The maximum absolute atomic E-state index is 11.9. The van der Waals surface area contributed by atoms with Crippen LogP contribution in [0.3, 0.4) is 0 Å². The molecule has 0 spiro atoms. The quantitative estimate of drug-likeness (QED) is 0.843. The van der Waals surface area contributed by atoms with Crippen molar-refractivity contribution >= 4 is 5.91 Å². The van der Waals surface area contributed by atoms with Crippen molar-refractivity contribution in [3.05, 3.63) is 23.7 Å². The molecule has 0 bridgehead atoms. The lowest BCUT2D eigenvalue weighted by atomic mass is 9.86. The Labute approximate surface area is 101 Å². The van der Waals surface area contributed by atoms with Crippen molar-refractivity contribution in [3.63, 3.8) is 0 Å². The lowest BCUT2D eigenvalue weighted by Crippen LogP contribution is -2.38. The van der Waals surface area contributed by atoms with Crippen molar-refractivity contribution in [2.75, 3.05) is 6.61 Å². The van der Waals surface area contributed by atoms with Crippen LogP contribution in [0.1, 0.15) is 41.8 Å². The lowest BCUT2D eigenvalue weighted by Gasteiger charge is -2.27. The normalized spacial score (nSPS) is 24.6. The van der Waals surface area contributed by atoms with Gasteiger partial charge in [0.2, 0.25) is 0 Å². The zero-order valence-corrected chi connectivity index (χ0v) is 10.1. The Kier molecular flexibility index (Phi) is 3.84. The van der Waals surface area contributed by atoms with Crippen LogP contribution in [0, 0.1) is 12.8 Å². The van der Waals surface area contributed by atoms with E-state index in [1.807, 2.05) is 6.92 Å². The van der Waals surface area contributed by atoms with Crippen LogP contribution in [-0.4, -0.2) is 23.7 Å². The molecule has 2 rings (SSSR count). The van der Waals surface area contributed by atoms with Crippen molar-refractivity contribution in [1.29, 1.82) is 0 Å². The first-order chi connectivity index (χ1) is 8.20. The number of hydrogen-bond donors (Lipinski definition) is 2. The van der Waals surface area contributed by atoms with E-state index in [2.05, 4.69) is 5.32 Å². The van der Waals surface area contributed by atoms with Gasteiger partial charge in [0.1, 0.15) is 0 Å². The maximum atomic E-state index is 11.9. The van der Waals surface area contributed by atoms with E-state index < -0.39 is 0 Å². The number of carbonyl (C=O) groups excluding carboxylic acids is 1. The number of nitrogens with one attached hydrogen (secondary N) is 1. The largest absolute Gasteiger partial charge is 0.459 e. The number of hydrogen-bond acceptors (Lipinski definition) is 3. The number of rotatable bonds is 3. The molecule has 17 heavy (non-hydrogen) atoms. The van der Waals surface area contributed by atoms with Gasteiger partial charge in [-0.05, 0) is 44.6 Å². The molecule has 0 atom stereocenters. The number of aliphatic hydroxyl groups excluding tert-OH is 1. The molecule has 1 aromatic rings. The van der Waals surface area contributed by atoms with Crippen LogP contribution in [0.4, 0.5) is 0 Å². The van der Waals surface area contributed by atoms with Crippen LogP contribution in [0.2, 0.25) is 0 Å². The molecular formula is C13H19NO3. The van der Waals surface area contributed by atoms with Gasteiger partial charge in [-0.3, -0.25) is 4.79 Å². The Morgan fingerprint density at radius 1 is 1.47 bits per heavy atom. The van der Waals surface area contributed by atoms with E-state index in [-0.39, 0.29) is 18.6 Å². The molecule has 1 saturated carbocycles. The molecule has 94 valence electrons. The van der Waals surface area contributed by atoms with Gasteiger partial charge in [-0.15, -0.1) is 0 Å². The first-order valence-corrected chi connectivity index (χ1v) is 6.16. The fourth-order valence-electron chi connectivity index (χ4n) is 2.35. The highest BCUT2D eigenvalue weighted by molar-refractivity contribution is 5.92. The number of aryl methyl sites for hydroxylation is 1. The second-order valence-corrected chi connectivity index (χ2v) is 4.81. The summed E-state index contributed by atoms with van der Waals surface area (Å²) in [4.78, 5) is 11.9. The van der Waals surface area contributed by atoms with Gasteiger partial charge in [-0.2, -0.15) is 0 Å². The van der Waals surface area contributed by atoms with Gasteiger partial charge >= 0.3 is 0 Å². The third kappa shape index (κ3) is 2.88. The van der Waals surface area contributed by atoms with Crippen LogP contribution in [-0.2, 0) is 0 Å². The van der Waals surface area contributed by atoms with Crippen LogP contribution >= 0.6 is 0 Å². The Hall–Kier alpha value is -1.29. The van der Waals surface area contributed by atoms with Gasteiger partial charge < -0.3 is 14.8 Å². The fraction of sp³-hybridized carbons (Fsp3) is 0.615. The molecule has 1 fully saturated rings. The van der Waals surface area contributed by atoms with Gasteiger partial charge in [-0.1, -0.05) is 0 Å². The summed E-state index contributed by atoms with van der Waals surface area (Å²) < 4.78 is 5.16. The van der Waals surface area contributed by atoms with E-state index in [0.29, 0.717) is 11.7 Å². The predicted octanol–water partition coefficient (Wildman–Crippen LogP) is 1.87. The minimum Gasteiger partial charge on any atom is -0.459 e. The third-order valence-electron chi connectivity index (χ3n) is 3.51. The van der Waals surface area contributed by atoms with Crippen molar-refractivity contribution < 1.29 is 14.3 Å². The summed E-state index contributed by atoms with van der Waals surface area (Å²) in [5, 5.41) is 12.0. The van der Waals surface area contributed by atoms with E-state index in [1.54, 1.807) is 6.07 Å². The molecule has 2 N–H and O–H groups in total. The lowest BCUT2D eigenvalue weighted by molar-refractivity contribution is 0.0885. The predicted molar refractivity (Wildman–Crippen MR) is 63.7 cm³/mol. The van der Waals surface area contributed by atoms with Crippen molar-refractivity contribution in [2.24, 2.45) is 5.92 Å². The zero-order chi connectivity index (χ0) is 12.3. The van der Waals surface area contributed by atoms with Crippen molar-refractivity contribution in [3.8, 4) is 0 Å². The number of carbonyl (C=O) groups is 1. The van der Waals surface area contributed by atoms with Gasteiger partial charge in [-0.25, -0.2) is 0 Å². The molecule has 1 amide bonds. The number of aliphatic hydroxyl groups is 1. The average Bonchev–Trinajstić information content (AvgIpc) is 2.76. The van der Waals surface area contributed by atoms with Gasteiger partial charge in [0.25, 0.3) is 5.91 Å². The van der Waals surface area contributed by atoms with Crippen molar-refractivity contribution in [2.45, 2.75) is 38.6 Å². The van der Waals surface area contributed by atoms with Gasteiger partial charge in [0.05, 0.1) is 6.26 Å². The highest BCUT2D eigenvalue weighted by Gasteiger charge is 2.23. The minimum absolute atomic E-state index is 0.125. The van der Waals surface area contributed by atoms with E-state index in [1.165, 1.54) is 6.26 Å². The summed E-state index contributed by atoms with van der Waals surface area (Å²) in [7, 11) is 0. The first kappa shape index (κ1) is 12.2. The van der Waals surface area contributed by atoms with E-state index in [4.69, 9.17) is 9.52 Å². The highest BCUT2D eigenvalue weighted by atomic mass is 16.3. The monoisotopic (exact) mass is 237 g/mol. The van der Waals surface area contributed by atoms with Gasteiger partial charge in [0, 0.05) is 18.2 Å². The Balaban J connectivity index is 1.86. The first-order valence-electron chi connectivity index (χ1n) is 6.16. The maximum Gasteiger partial charge on any atom is 0.287 e. The molecule has 0 radical (unpaired) electrons. The van der Waals surface area contributed by atoms with E-state index in [9.17, 15) is 4.79 Å². The molecule has 4 nitrogen and oxygen atoms in total. The Bertz CT molecular complexity index is 378. The molecule has 0 aliphatic heterocycles. The average molecular weight is 237 g/mol. The second-order valence-electron chi connectivity index (χ2n) is 4.81. The molecule has 1 aromatic heterocycles. The van der Waals surface area contributed by atoms with Crippen LogP contribution < -0.4 is 5.32 Å². The molecular weight excluding hydrogens is 218 g/mol. The van der Waals surface area contributed by atoms with Crippen LogP contribution in [0.15, 0.2) is 16.7 Å². The molecule has 4 heteroatoms. The molecule has 0 unspecified atom stereocenters. The van der Waals surface area contributed by atoms with Crippen LogP contribution in [0.25, 0.3) is 0 Å². The summed E-state index contributed by atoms with van der Waals surface area (Å²) in [5.74, 6) is 0.697. The van der Waals surface area contributed by atoms with Crippen molar-refractivity contribution in [1.82, 2.24) is 5.32 Å². The fourth-order valence-corrected chi connectivity index (χ4v) is 2.35. The second kappa shape index (κ2) is 5.36. The summed E-state index contributed by atoms with van der Waals surface area (Å²) >= 11 is 0. The molecule has 0 saturated heterocycles. The molecule has 1 heterocycles.